The topological polar surface area (TPSA) is 167 Å². The van der Waals surface area contributed by atoms with Crippen LogP contribution in [0, 0.1) is 35.4 Å². The van der Waals surface area contributed by atoms with Gasteiger partial charge in [0.1, 0.15) is 11.8 Å². The Morgan fingerprint density at radius 2 is 1.70 bits per heavy atom. The molecule has 0 spiro atoms. The van der Waals surface area contributed by atoms with Crippen molar-refractivity contribution in [2.45, 2.75) is 69.9 Å². The Labute approximate surface area is 243 Å². The molecule has 5 N–H and O–H groups in total. The van der Waals surface area contributed by atoms with Crippen molar-refractivity contribution >= 4 is 23.7 Å². The molecule has 2 aromatic rings. The second-order valence-electron chi connectivity index (χ2n) is 10.7. The van der Waals surface area contributed by atoms with Crippen LogP contribution in [0.4, 0.5) is 17.6 Å². The molecule has 232 valence electrons. The summed E-state index contributed by atoms with van der Waals surface area (Å²) >= 11 is 0. The molecule has 1 aliphatic carbocycles. The first-order valence-corrected chi connectivity index (χ1v) is 13.6. The summed E-state index contributed by atoms with van der Waals surface area (Å²) in [4.78, 5) is 55.5. The Kier molecular flexibility index (Phi) is 9.52. The van der Waals surface area contributed by atoms with Gasteiger partial charge in [0.15, 0.2) is 11.9 Å². The summed E-state index contributed by atoms with van der Waals surface area (Å²) in [7, 11) is 0. The summed E-state index contributed by atoms with van der Waals surface area (Å²) in [6.45, 7) is 2.54. The molecule has 3 amide bonds. The van der Waals surface area contributed by atoms with Gasteiger partial charge in [0.25, 0.3) is 17.8 Å². The van der Waals surface area contributed by atoms with Crippen molar-refractivity contribution in [3.05, 3.63) is 58.9 Å². The zero-order valence-electron chi connectivity index (χ0n) is 23.1. The van der Waals surface area contributed by atoms with E-state index in [-0.39, 0.29) is 11.5 Å². The van der Waals surface area contributed by atoms with Crippen molar-refractivity contribution in [2.24, 2.45) is 11.8 Å². The highest BCUT2D eigenvalue weighted by Crippen LogP contribution is 2.32. The number of hydrogen-bond acceptors (Lipinski definition) is 8. The number of aliphatic hydroxyl groups excluding tert-OH is 1. The van der Waals surface area contributed by atoms with Crippen LogP contribution in [0.2, 0.25) is 0 Å². The molecule has 1 saturated heterocycles. The maximum absolute atomic E-state index is 14.6. The van der Waals surface area contributed by atoms with Crippen molar-refractivity contribution in [3.63, 3.8) is 0 Å². The molecule has 6 atom stereocenters. The molecule has 2 heterocycles. The van der Waals surface area contributed by atoms with Crippen LogP contribution < -0.4 is 16.0 Å². The number of nitrogens with one attached hydrogen (secondary N) is 3. The molecule has 1 aromatic heterocycles. The number of aromatic hydroxyl groups is 1. The van der Waals surface area contributed by atoms with E-state index in [1.165, 1.54) is 38.1 Å². The van der Waals surface area contributed by atoms with Crippen LogP contribution in [-0.2, 0) is 25.5 Å². The maximum Gasteiger partial charge on any atom is 0.312 e. The summed E-state index contributed by atoms with van der Waals surface area (Å²) in [5.74, 6) is -13.9. The van der Waals surface area contributed by atoms with Crippen LogP contribution in [0.25, 0.3) is 0 Å². The number of para-hydroxylation sites is 1. The highest BCUT2D eigenvalue weighted by Gasteiger charge is 2.43. The van der Waals surface area contributed by atoms with Gasteiger partial charge in [-0.1, -0.05) is 18.6 Å². The number of halogens is 4. The van der Waals surface area contributed by atoms with Crippen molar-refractivity contribution in [1.82, 2.24) is 20.9 Å². The lowest BCUT2D eigenvalue weighted by atomic mass is 9.80. The number of carbonyl (C=O) groups excluding carboxylic acids is 4. The van der Waals surface area contributed by atoms with Crippen LogP contribution in [0.5, 0.6) is 5.75 Å². The smallest absolute Gasteiger partial charge is 0.312 e. The molecule has 6 unspecified atom stereocenters. The van der Waals surface area contributed by atoms with Gasteiger partial charge in [-0.2, -0.15) is 18.2 Å². The molecule has 2 aliphatic rings. The van der Waals surface area contributed by atoms with Crippen LogP contribution in [0.15, 0.2) is 24.3 Å². The average Bonchev–Trinajstić information content (AvgIpc) is 2.93. The Balaban J connectivity index is 1.73. The van der Waals surface area contributed by atoms with Crippen LogP contribution in [0.1, 0.15) is 49.0 Å². The van der Waals surface area contributed by atoms with E-state index < -0.39 is 101 Å². The lowest BCUT2D eigenvalue weighted by Crippen LogP contribution is -2.63. The molecule has 15 heteroatoms. The van der Waals surface area contributed by atoms with Gasteiger partial charge in [-0.25, -0.2) is 4.39 Å². The quantitative estimate of drug-likeness (QED) is 0.192. The van der Waals surface area contributed by atoms with Gasteiger partial charge in [-0.15, -0.1) is 0 Å². The van der Waals surface area contributed by atoms with Gasteiger partial charge in [0.2, 0.25) is 17.7 Å². The zero-order chi connectivity index (χ0) is 31.6. The molecule has 43 heavy (non-hydrogen) atoms. The normalized spacial score (nSPS) is 27.1. The standard InChI is InChI=1S/C28H30F4N4O7/c1-11-21(38)16(10-15-18(29)19(30)24(32)36-23(15)31)34-26(40)20(35-25(39)14-8-3-4-9-17(14)37)12(2)33-27(41)22(43-28(11)42)13-6-5-7-13/h3-4,8-9,11-13,16,20-22,37-38H,5-7,10H2,1-2H3,(H,33,41)(H,34,40)(H,35,39). The summed E-state index contributed by atoms with van der Waals surface area (Å²) in [5, 5.41) is 28.5. The van der Waals surface area contributed by atoms with Gasteiger partial charge in [-0.05, 0) is 38.8 Å². The van der Waals surface area contributed by atoms with E-state index in [9.17, 15) is 47.0 Å². The molecule has 0 radical (unpaired) electrons. The van der Waals surface area contributed by atoms with E-state index in [2.05, 4.69) is 20.9 Å². The SMILES string of the molecule is CC1NC(=O)C(C2CCC2)OC(=O)C(C)C(O)C(Cc2c(F)nc(F)c(F)c2F)NC(=O)C1NC(=O)c1ccccc1O. The number of aliphatic hydroxyl groups is 1. The number of hydrogen-bond donors (Lipinski definition) is 5. The van der Waals surface area contributed by atoms with Crippen LogP contribution >= 0.6 is 0 Å². The number of benzene rings is 1. The van der Waals surface area contributed by atoms with Crippen molar-refractivity contribution in [2.75, 3.05) is 0 Å². The summed E-state index contributed by atoms with van der Waals surface area (Å²) in [6.07, 6.45) is -2.37. The third kappa shape index (κ3) is 6.71. The maximum atomic E-state index is 14.6. The van der Waals surface area contributed by atoms with Crippen LogP contribution in [0.3, 0.4) is 0 Å². The molecule has 1 aromatic carbocycles. The average molecular weight is 611 g/mol. The number of aromatic nitrogens is 1. The molecular weight excluding hydrogens is 580 g/mol. The number of nitrogens with zero attached hydrogens (tertiary/aromatic N) is 1. The van der Waals surface area contributed by atoms with Gasteiger partial charge in [-0.3, -0.25) is 19.2 Å². The lowest BCUT2D eigenvalue weighted by Gasteiger charge is -2.37. The van der Waals surface area contributed by atoms with Crippen molar-refractivity contribution in [3.8, 4) is 5.75 Å². The van der Waals surface area contributed by atoms with Gasteiger partial charge in [0, 0.05) is 17.9 Å². The highest BCUT2D eigenvalue weighted by atomic mass is 19.2. The number of phenols is 1. The van der Waals surface area contributed by atoms with E-state index in [0.717, 1.165) is 6.42 Å². The third-order valence-corrected chi connectivity index (χ3v) is 7.80. The fourth-order valence-electron chi connectivity index (χ4n) is 4.96. The molecule has 1 aliphatic heterocycles. The Morgan fingerprint density at radius 1 is 1.02 bits per heavy atom. The Morgan fingerprint density at radius 3 is 2.33 bits per heavy atom. The first-order chi connectivity index (χ1) is 20.3. The Hall–Kier alpha value is -4.27. The minimum Gasteiger partial charge on any atom is -0.507 e. The molecular formula is C28H30F4N4O7. The number of cyclic esters (lactones) is 1. The predicted molar refractivity (Wildman–Crippen MR) is 139 cm³/mol. The second kappa shape index (κ2) is 12.9. The number of phenolic OH excluding ortho intramolecular Hbond substituents is 1. The zero-order valence-corrected chi connectivity index (χ0v) is 23.1. The van der Waals surface area contributed by atoms with Crippen molar-refractivity contribution < 1.29 is 51.7 Å². The first-order valence-electron chi connectivity index (χ1n) is 13.6. The minimum absolute atomic E-state index is 0.219. The number of pyridine rings is 1. The van der Waals surface area contributed by atoms with E-state index in [1.54, 1.807) is 0 Å². The van der Waals surface area contributed by atoms with Gasteiger partial charge >= 0.3 is 5.97 Å². The Bertz CT molecular complexity index is 1420. The summed E-state index contributed by atoms with van der Waals surface area (Å²) in [6, 6.07) is 0.852. The first kappa shape index (κ1) is 31.7. The fraction of sp³-hybridized carbons (Fsp3) is 0.464. The van der Waals surface area contributed by atoms with E-state index >= 15 is 0 Å². The molecule has 2 fully saturated rings. The number of rotatable bonds is 5. The second-order valence-corrected chi connectivity index (χ2v) is 10.7. The summed E-state index contributed by atoms with van der Waals surface area (Å²) in [5.41, 5.74) is -1.34. The van der Waals surface area contributed by atoms with E-state index in [4.69, 9.17) is 4.74 Å². The molecule has 0 bridgehead atoms. The molecule has 11 nitrogen and oxygen atoms in total. The highest BCUT2D eigenvalue weighted by molar-refractivity contribution is 6.00. The number of esters is 1. The fourth-order valence-corrected chi connectivity index (χ4v) is 4.96. The summed E-state index contributed by atoms with van der Waals surface area (Å²) < 4.78 is 61.9. The number of amides is 3. The lowest BCUT2D eigenvalue weighted by molar-refractivity contribution is -0.169. The van der Waals surface area contributed by atoms with Crippen LogP contribution in [-0.4, -0.2) is 69.2 Å². The van der Waals surface area contributed by atoms with Gasteiger partial charge < -0.3 is 30.9 Å². The van der Waals surface area contributed by atoms with E-state index in [1.807, 2.05) is 0 Å². The van der Waals surface area contributed by atoms with Crippen molar-refractivity contribution in [1.29, 1.82) is 0 Å². The van der Waals surface area contributed by atoms with Gasteiger partial charge in [0.05, 0.1) is 29.7 Å². The minimum atomic E-state index is -2.09. The number of carbonyl (C=O) groups is 4. The monoisotopic (exact) mass is 610 g/mol. The predicted octanol–water partition coefficient (Wildman–Crippen LogP) is 1.40. The third-order valence-electron chi connectivity index (χ3n) is 7.80. The molecule has 4 rings (SSSR count). The number of ether oxygens (including phenoxy) is 1. The largest absolute Gasteiger partial charge is 0.507 e. The van der Waals surface area contributed by atoms with E-state index in [0.29, 0.717) is 12.8 Å². The molecule has 1 saturated carbocycles.